The lowest BCUT2D eigenvalue weighted by molar-refractivity contribution is -0.205. The smallest absolute Gasteiger partial charge is 0.136 e. The molecule has 5 nitrogen and oxygen atoms in total. The Labute approximate surface area is 109 Å². The van der Waals surface area contributed by atoms with Gasteiger partial charge in [-0.3, -0.25) is 0 Å². The van der Waals surface area contributed by atoms with Crippen LogP contribution in [0.1, 0.15) is 0 Å². The SMILES string of the molecule is OCC1O[C@@H](Sc2ccccc2)[C@@H](O)C(O)[C@H]1O. The molecular weight excluding hydrogens is 256 g/mol. The molecule has 4 N–H and O–H groups in total. The van der Waals surface area contributed by atoms with E-state index < -0.39 is 36.5 Å². The fourth-order valence-electron chi connectivity index (χ4n) is 1.80. The van der Waals surface area contributed by atoms with Crippen molar-refractivity contribution < 1.29 is 25.2 Å². The fourth-order valence-corrected chi connectivity index (χ4v) is 2.88. The summed E-state index contributed by atoms with van der Waals surface area (Å²) in [4.78, 5) is 0.877. The van der Waals surface area contributed by atoms with Gasteiger partial charge in [-0.1, -0.05) is 30.0 Å². The van der Waals surface area contributed by atoms with Crippen molar-refractivity contribution in [1.29, 1.82) is 0 Å². The summed E-state index contributed by atoms with van der Waals surface area (Å²) < 4.78 is 5.39. The minimum atomic E-state index is -1.32. The molecule has 0 amide bonds. The average molecular weight is 272 g/mol. The molecule has 18 heavy (non-hydrogen) atoms. The molecule has 2 unspecified atom stereocenters. The minimum Gasteiger partial charge on any atom is -0.394 e. The molecule has 0 radical (unpaired) electrons. The van der Waals surface area contributed by atoms with Crippen molar-refractivity contribution in [3.8, 4) is 0 Å². The second-order valence-corrected chi connectivity index (χ2v) is 5.30. The zero-order valence-electron chi connectivity index (χ0n) is 9.59. The Hall–Kier alpha value is -0.630. The van der Waals surface area contributed by atoms with Crippen LogP contribution in [0.15, 0.2) is 35.2 Å². The first-order chi connectivity index (χ1) is 8.63. The van der Waals surface area contributed by atoms with E-state index in [1.807, 2.05) is 30.3 Å². The number of rotatable bonds is 3. The number of ether oxygens (including phenoxy) is 1. The van der Waals surface area contributed by atoms with E-state index in [-0.39, 0.29) is 0 Å². The van der Waals surface area contributed by atoms with Crippen molar-refractivity contribution >= 4 is 11.8 Å². The first-order valence-corrected chi connectivity index (χ1v) is 6.53. The van der Waals surface area contributed by atoms with Crippen molar-refractivity contribution in [3.63, 3.8) is 0 Å². The van der Waals surface area contributed by atoms with Gasteiger partial charge in [0.05, 0.1) is 6.61 Å². The Morgan fingerprint density at radius 2 is 1.67 bits per heavy atom. The van der Waals surface area contributed by atoms with E-state index >= 15 is 0 Å². The van der Waals surface area contributed by atoms with Crippen molar-refractivity contribution in [2.45, 2.75) is 34.7 Å². The van der Waals surface area contributed by atoms with Crippen LogP contribution in [0.3, 0.4) is 0 Å². The number of aliphatic hydroxyl groups excluding tert-OH is 4. The van der Waals surface area contributed by atoms with Gasteiger partial charge < -0.3 is 25.2 Å². The molecule has 0 aromatic heterocycles. The van der Waals surface area contributed by atoms with Crippen LogP contribution in [0.25, 0.3) is 0 Å². The Morgan fingerprint density at radius 1 is 1.00 bits per heavy atom. The van der Waals surface area contributed by atoms with Gasteiger partial charge in [0.15, 0.2) is 0 Å². The van der Waals surface area contributed by atoms with Gasteiger partial charge in [0.2, 0.25) is 0 Å². The molecule has 1 aromatic carbocycles. The Balaban J connectivity index is 2.08. The van der Waals surface area contributed by atoms with Crippen LogP contribution in [0.5, 0.6) is 0 Å². The van der Waals surface area contributed by atoms with Crippen molar-refractivity contribution in [2.24, 2.45) is 0 Å². The van der Waals surface area contributed by atoms with Gasteiger partial charge in [0.1, 0.15) is 29.9 Å². The summed E-state index contributed by atoms with van der Waals surface area (Å²) in [5, 5.41) is 38.2. The molecule has 100 valence electrons. The van der Waals surface area contributed by atoms with Gasteiger partial charge in [0.25, 0.3) is 0 Å². The molecule has 1 saturated heterocycles. The third-order valence-corrected chi connectivity index (χ3v) is 4.01. The molecule has 0 bridgehead atoms. The largest absolute Gasteiger partial charge is 0.394 e. The number of hydrogen-bond acceptors (Lipinski definition) is 6. The van der Waals surface area contributed by atoms with Gasteiger partial charge in [-0.25, -0.2) is 0 Å². The molecule has 1 aromatic rings. The maximum absolute atomic E-state index is 9.85. The molecule has 1 aliphatic heterocycles. The first kappa shape index (κ1) is 13.8. The molecule has 0 saturated carbocycles. The highest BCUT2D eigenvalue weighted by atomic mass is 32.2. The van der Waals surface area contributed by atoms with Crippen molar-refractivity contribution in [3.05, 3.63) is 30.3 Å². The molecule has 6 heteroatoms. The van der Waals surface area contributed by atoms with Crippen LogP contribution in [0.2, 0.25) is 0 Å². The van der Waals surface area contributed by atoms with Crippen molar-refractivity contribution in [2.75, 3.05) is 6.61 Å². The van der Waals surface area contributed by atoms with Crippen LogP contribution in [-0.2, 0) is 4.74 Å². The molecule has 5 atom stereocenters. The molecule has 2 rings (SSSR count). The first-order valence-electron chi connectivity index (χ1n) is 5.65. The highest BCUT2D eigenvalue weighted by molar-refractivity contribution is 7.99. The summed E-state index contributed by atoms with van der Waals surface area (Å²) in [6, 6.07) is 9.29. The van der Waals surface area contributed by atoms with E-state index in [0.717, 1.165) is 4.90 Å². The van der Waals surface area contributed by atoms with E-state index in [9.17, 15) is 15.3 Å². The van der Waals surface area contributed by atoms with E-state index in [2.05, 4.69) is 0 Å². The van der Waals surface area contributed by atoms with Crippen LogP contribution < -0.4 is 0 Å². The summed E-state index contributed by atoms with van der Waals surface area (Å²) in [5.74, 6) is 0. The predicted octanol–water partition coefficient (Wildman–Crippen LogP) is -0.421. The van der Waals surface area contributed by atoms with Crippen LogP contribution in [0, 0.1) is 0 Å². The van der Waals surface area contributed by atoms with E-state index in [1.165, 1.54) is 11.8 Å². The average Bonchev–Trinajstić information content (AvgIpc) is 2.40. The highest BCUT2D eigenvalue weighted by Crippen LogP contribution is 2.32. The number of hydrogen-bond donors (Lipinski definition) is 4. The number of benzene rings is 1. The second-order valence-electron chi connectivity index (χ2n) is 4.13. The molecule has 0 aliphatic carbocycles. The third kappa shape index (κ3) is 2.85. The topological polar surface area (TPSA) is 90.2 Å². The predicted molar refractivity (Wildman–Crippen MR) is 66.1 cm³/mol. The summed E-state index contributed by atoms with van der Waals surface area (Å²) in [7, 11) is 0. The van der Waals surface area contributed by atoms with Gasteiger partial charge in [-0.05, 0) is 12.1 Å². The minimum absolute atomic E-state index is 0.406. The normalized spacial score (nSPS) is 36.6. The quantitative estimate of drug-likeness (QED) is 0.597. The van der Waals surface area contributed by atoms with E-state index in [1.54, 1.807) is 0 Å². The van der Waals surface area contributed by atoms with Gasteiger partial charge >= 0.3 is 0 Å². The molecular formula is C12H16O5S. The number of thioether (sulfide) groups is 1. The zero-order chi connectivity index (χ0) is 13.1. The summed E-state index contributed by atoms with van der Waals surface area (Å²) in [5.41, 5.74) is -0.719. The van der Waals surface area contributed by atoms with E-state index in [4.69, 9.17) is 9.84 Å². The van der Waals surface area contributed by atoms with Crippen molar-refractivity contribution in [1.82, 2.24) is 0 Å². The molecule has 1 heterocycles. The highest BCUT2D eigenvalue weighted by Gasteiger charge is 2.43. The Morgan fingerprint density at radius 3 is 2.28 bits per heavy atom. The zero-order valence-corrected chi connectivity index (χ0v) is 10.4. The standard InChI is InChI=1S/C12H16O5S/c13-6-8-9(14)10(15)11(16)12(17-8)18-7-4-2-1-3-5-7/h1-5,8-16H,6H2/t8?,9-,10?,11-,12-/m0/s1. The third-order valence-electron chi connectivity index (χ3n) is 2.84. The Bertz CT molecular complexity index is 372. The maximum Gasteiger partial charge on any atom is 0.136 e. The second kappa shape index (κ2) is 6.01. The summed E-state index contributed by atoms with van der Waals surface area (Å²) in [6.45, 7) is -0.406. The molecule has 1 aliphatic rings. The van der Waals surface area contributed by atoms with E-state index in [0.29, 0.717) is 0 Å². The Kier molecular flexibility index (Phi) is 4.60. The van der Waals surface area contributed by atoms with Crippen LogP contribution in [0.4, 0.5) is 0 Å². The van der Waals surface area contributed by atoms with Gasteiger partial charge in [0, 0.05) is 4.90 Å². The van der Waals surface area contributed by atoms with Crippen LogP contribution in [-0.4, -0.2) is 56.9 Å². The lowest BCUT2D eigenvalue weighted by Crippen LogP contribution is -2.57. The van der Waals surface area contributed by atoms with Gasteiger partial charge in [-0.15, -0.1) is 0 Å². The lowest BCUT2D eigenvalue weighted by Gasteiger charge is -2.39. The monoisotopic (exact) mass is 272 g/mol. The molecule has 1 fully saturated rings. The summed E-state index contributed by atoms with van der Waals surface area (Å²) >= 11 is 1.24. The molecule has 0 spiro atoms. The maximum atomic E-state index is 9.85. The van der Waals surface area contributed by atoms with Crippen LogP contribution >= 0.6 is 11.8 Å². The fraction of sp³-hybridized carbons (Fsp3) is 0.500. The van der Waals surface area contributed by atoms with Gasteiger partial charge in [-0.2, -0.15) is 0 Å². The number of aliphatic hydroxyl groups is 4. The lowest BCUT2D eigenvalue weighted by atomic mass is 10.0. The summed E-state index contributed by atoms with van der Waals surface area (Å²) in [6.07, 6.45) is -4.69.